The highest BCUT2D eigenvalue weighted by molar-refractivity contribution is 5.34. The second-order valence-corrected chi connectivity index (χ2v) is 3.67. The third-order valence-electron chi connectivity index (χ3n) is 2.38. The fraction of sp³-hybridized carbons (Fsp3) is 0.0714. The molecule has 2 rings (SSSR count). The fourth-order valence-electron chi connectivity index (χ4n) is 1.52. The minimum absolute atomic E-state index is 0.277. The molecule has 0 aromatic heterocycles. The van der Waals surface area contributed by atoms with Crippen LogP contribution in [0.3, 0.4) is 0 Å². The lowest BCUT2D eigenvalue weighted by atomic mass is 10.0. The SMILES string of the molecule is Oc1ccc(C[CH]c2cccc(O)c2)cc1. The van der Waals surface area contributed by atoms with Crippen molar-refractivity contribution in [3.8, 4) is 11.5 Å². The van der Waals surface area contributed by atoms with E-state index in [9.17, 15) is 5.11 Å². The first-order valence-corrected chi connectivity index (χ1v) is 5.14. The Morgan fingerprint density at radius 1 is 0.875 bits per heavy atom. The van der Waals surface area contributed by atoms with E-state index in [-0.39, 0.29) is 11.5 Å². The molecule has 0 aliphatic carbocycles. The van der Waals surface area contributed by atoms with Gasteiger partial charge in [-0.2, -0.15) is 0 Å². The van der Waals surface area contributed by atoms with Gasteiger partial charge < -0.3 is 10.2 Å². The molecule has 2 aromatic carbocycles. The summed E-state index contributed by atoms with van der Waals surface area (Å²) in [7, 11) is 0. The lowest BCUT2D eigenvalue weighted by molar-refractivity contribution is 0.474. The first-order chi connectivity index (χ1) is 7.74. The number of rotatable bonds is 3. The molecular formula is C14H13O2. The molecule has 0 aliphatic rings. The van der Waals surface area contributed by atoms with E-state index in [1.54, 1.807) is 24.3 Å². The zero-order chi connectivity index (χ0) is 11.4. The monoisotopic (exact) mass is 213 g/mol. The molecule has 16 heavy (non-hydrogen) atoms. The number of aromatic hydroxyl groups is 2. The predicted octanol–water partition coefficient (Wildman–Crippen LogP) is 2.89. The highest BCUT2D eigenvalue weighted by Gasteiger charge is 1.97. The molecule has 0 saturated heterocycles. The van der Waals surface area contributed by atoms with Crippen LogP contribution < -0.4 is 0 Å². The van der Waals surface area contributed by atoms with E-state index in [0.29, 0.717) is 0 Å². The zero-order valence-corrected chi connectivity index (χ0v) is 8.80. The average Bonchev–Trinajstić information content (AvgIpc) is 2.28. The first-order valence-electron chi connectivity index (χ1n) is 5.14. The van der Waals surface area contributed by atoms with Gasteiger partial charge in [-0.3, -0.25) is 0 Å². The van der Waals surface area contributed by atoms with Crippen molar-refractivity contribution >= 4 is 0 Å². The minimum Gasteiger partial charge on any atom is -0.508 e. The largest absolute Gasteiger partial charge is 0.508 e. The molecule has 0 fully saturated rings. The molecule has 0 amide bonds. The molecule has 2 heteroatoms. The third-order valence-corrected chi connectivity index (χ3v) is 2.38. The van der Waals surface area contributed by atoms with Gasteiger partial charge in [0.25, 0.3) is 0 Å². The molecule has 0 aliphatic heterocycles. The van der Waals surface area contributed by atoms with Crippen LogP contribution in [0.25, 0.3) is 0 Å². The van der Waals surface area contributed by atoms with Gasteiger partial charge in [0.15, 0.2) is 0 Å². The maximum absolute atomic E-state index is 9.29. The van der Waals surface area contributed by atoms with Gasteiger partial charge in [-0.1, -0.05) is 24.3 Å². The van der Waals surface area contributed by atoms with Crippen LogP contribution in [0.15, 0.2) is 48.5 Å². The topological polar surface area (TPSA) is 40.5 Å². The summed E-state index contributed by atoms with van der Waals surface area (Å²) in [6.07, 6.45) is 2.82. The van der Waals surface area contributed by atoms with Crippen molar-refractivity contribution in [3.05, 3.63) is 66.1 Å². The van der Waals surface area contributed by atoms with Gasteiger partial charge >= 0.3 is 0 Å². The summed E-state index contributed by atoms with van der Waals surface area (Å²) in [4.78, 5) is 0. The van der Waals surface area contributed by atoms with Gasteiger partial charge in [0.2, 0.25) is 0 Å². The van der Waals surface area contributed by atoms with Crippen molar-refractivity contribution in [2.24, 2.45) is 0 Å². The lowest BCUT2D eigenvalue weighted by Crippen LogP contribution is -1.87. The lowest BCUT2D eigenvalue weighted by Gasteiger charge is -2.02. The summed E-state index contributed by atoms with van der Waals surface area (Å²) in [5.74, 6) is 0.556. The van der Waals surface area contributed by atoms with Gasteiger partial charge in [-0.15, -0.1) is 0 Å². The third kappa shape index (κ3) is 2.76. The summed E-state index contributed by atoms with van der Waals surface area (Å²) < 4.78 is 0. The summed E-state index contributed by atoms with van der Waals surface area (Å²) in [5.41, 5.74) is 2.12. The van der Waals surface area contributed by atoms with Gasteiger partial charge in [-0.05, 0) is 48.2 Å². The molecular weight excluding hydrogens is 200 g/mol. The number of phenolic OH excluding ortho intramolecular Hbond substituents is 2. The van der Waals surface area contributed by atoms with Crippen LogP contribution in [0.5, 0.6) is 11.5 Å². The summed E-state index contributed by atoms with van der Waals surface area (Å²) in [5, 5.41) is 18.4. The van der Waals surface area contributed by atoms with E-state index in [1.165, 1.54) is 0 Å². The number of benzene rings is 2. The van der Waals surface area contributed by atoms with E-state index in [4.69, 9.17) is 5.11 Å². The Balaban J connectivity index is 1.99. The molecule has 0 spiro atoms. The zero-order valence-electron chi connectivity index (χ0n) is 8.80. The molecule has 0 unspecified atom stereocenters. The Hall–Kier alpha value is -1.96. The predicted molar refractivity (Wildman–Crippen MR) is 63.3 cm³/mol. The summed E-state index contributed by atoms with van der Waals surface area (Å²) in [6.45, 7) is 0. The molecule has 2 N–H and O–H groups in total. The van der Waals surface area contributed by atoms with Crippen molar-refractivity contribution in [1.29, 1.82) is 0 Å². The second-order valence-electron chi connectivity index (χ2n) is 3.67. The molecule has 0 saturated carbocycles. The van der Waals surface area contributed by atoms with E-state index >= 15 is 0 Å². The first kappa shape index (κ1) is 10.6. The van der Waals surface area contributed by atoms with Crippen LogP contribution in [-0.4, -0.2) is 10.2 Å². The van der Waals surface area contributed by atoms with E-state index in [2.05, 4.69) is 0 Å². The van der Waals surface area contributed by atoms with Gasteiger partial charge in [0.1, 0.15) is 11.5 Å². The van der Waals surface area contributed by atoms with Crippen LogP contribution in [-0.2, 0) is 6.42 Å². The standard InChI is InChI=1S/C14H13O2/c15-13-8-6-11(7-9-13)4-5-12-2-1-3-14(16)10-12/h1-3,5-10,15-16H,4H2. The van der Waals surface area contributed by atoms with E-state index < -0.39 is 0 Å². The van der Waals surface area contributed by atoms with Crippen molar-refractivity contribution < 1.29 is 10.2 Å². The smallest absolute Gasteiger partial charge is 0.115 e. The molecule has 0 bridgehead atoms. The second kappa shape index (κ2) is 4.71. The van der Waals surface area contributed by atoms with Crippen molar-refractivity contribution in [2.75, 3.05) is 0 Å². The van der Waals surface area contributed by atoms with Crippen molar-refractivity contribution in [1.82, 2.24) is 0 Å². The van der Waals surface area contributed by atoms with Crippen LogP contribution in [0.4, 0.5) is 0 Å². The average molecular weight is 213 g/mol. The van der Waals surface area contributed by atoms with Gasteiger partial charge in [-0.25, -0.2) is 0 Å². The van der Waals surface area contributed by atoms with Crippen LogP contribution in [0, 0.1) is 6.42 Å². The minimum atomic E-state index is 0.277. The van der Waals surface area contributed by atoms with Gasteiger partial charge in [0, 0.05) is 0 Å². The molecule has 2 aromatic rings. The van der Waals surface area contributed by atoms with Crippen LogP contribution in [0.1, 0.15) is 11.1 Å². The van der Waals surface area contributed by atoms with Crippen LogP contribution >= 0.6 is 0 Å². The van der Waals surface area contributed by atoms with Crippen molar-refractivity contribution in [2.45, 2.75) is 6.42 Å². The highest BCUT2D eigenvalue weighted by Crippen LogP contribution is 2.16. The summed E-state index contributed by atoms with van der Waals surface area (Å²) in [6, 6.07) is 14.2. The van der Waals surface area contributed by atoms with Gasteiger partial charge in [0.05, 0.1) is 0 Å². The Morgan fingerprint density at radius 2 is 1.62 bits per heavy atom. The van der Waals surface area contributed by atoms with Crippen LogP contribution in [0.2, 0.25) is 0 Å². The molecule has 1 radical (unpaired) electrons. The Bertz CT molecular complexity index is 460. The molecule has 81 valence electrons. The summed E-state index contributed by atoms with van der Waals surface area (Å²) >= 11 is 0. The normalized spacial score (nSPS) is 10.2. The Labute approximate surface area is 94.8 Å². The number of hydrogen-bond donors (Lipinski definition) is 2. The number of phenols is 2. The van der Waals surface area contributed by atoms with E-state index in [0.717, 1.165) is 17.5 Å². The fourth-order valence-corrected chi connectivity index (χ4v) is 1.52. The molecule has 2 nitrogen and oxygen atoms in total. The molecule has 0 atom stereocenters. The number of hydrogen-bond acceptors (Lipinski definition) is 2. The Morgan fingerprint density at radius 3 is 2.31 bits per heavy atom. The van der Waals surface area contributed by atoms with E-state index in [1.807, 2.05) is 30.7 Å². The maximum Gasteiger partial charge on any atom is 0.115 e. The Kier molecular flexibility index (Phi) is 3.10. The van der Waals surface area contributed by atoms with Crippen molar-refractivity contribution in [3.63, 3.8) is 0 Å². The quantitative estimate of drug-likeness (QED) is 0.823. The highest BCUT2D eigenvalue weighted by atomic mass is 16.3. The molecule has 0 heterocycles. The maximum atomic E-state index is 9.29.